The molecule has 1 aliphatic rings. The van der Waals surface area contributed by atoms with Crippen LogP contribution in [0.2, 0.25) is 0 Å². The number of rotatable bonds is 0. The van der Waals surface area contributed by atoms with Crippen molar-refractivity contribution in [3.63, 3.8) is 0 Å². The Balaban J connectivity index is 2.47. The summed E-state index contributed by atoms with van der Waals surface area (Å²) < 4.78 is 12.9. The Hall–Kier alpha value is -0.890. The maximum atomic E-state index is 12.9. The van der Waals surface area contributed by atoms with Gasteiger partial charge < -0.3 is 5.11 Å². The quantitative estimate of drug-likeness (QED) is 0.598. The molecule has 0 fully saturated rings. The predicted molar refractivity (Wildman–Crippen MR) is 40.0 cm³/mol. The monoisotopic (exact) mass is 152 g/mol. The molecule has 0 aromatic heterocycles. The molecule has 1 aliphatic carbocycles. The third kappa shape index (κ3) is 0.942. The van der Waals surface area contributed by atoms with Gasteiger partial charge in [0.1, 0.15) is 12.3 Å². The topological polar surface area (TPSA) is 20.2 Å². The molecule has 0 aliphatic heterocycles. The number of alkyl halides is 1. The van der Waals surface area contributed by atoms with E-state index in [0.717, 1.165) is 11.1 Å². The fourth-order valence-electron chi connectivity index (χ4n) is 1.53. The Morgan fingerprint density at radius 3 is 2.82 bits per heavy atom. The van der Waals surface area contributed by atoms with Gasteiger partial charge in [-0.1, -0.05) is 24.3 Å². The number of aliphatic hydroxyl groups is 1. The molecule has 0 radical (unpaired) electrons. The largest absolute Gasteiger partial charge is 0.385 e. The molecule has 2 atom stereocenters. The summed E-state index contributed by atoms with van der Waals surface area (Å²) in [5.41, 5.74) is 1.69. The van der Waals surface area contributed by atoms with E-state index >= 15 is 0 Å². The average molecular weight is 152 g/mol. The molecular weight excluding hydrogens is 143 g/mol. The van der Waals surface area contributed by atoms with Gasteiger partial charge in [-0.2, -0.15) is 0 Å². The fraction of sp³-hybridized carbons (Fsp3) is 0.333. The van der Waals surface area contributed by atoms with Crippen molar-refractivity contribution in [3.8, 4) is 0 Å². The highest BCUT2D eigenvalue weighted by Crippen LogP contribution is 2.32. The van der Waals surface area contributed by atoms with Crippen LogP contribution in [0.25, 0.3) is 0 Å². The average Bonchev–Trinajstić information content (AvgIpc) is 2.30. The van der Waals surface area contributed by atoms with Crippen molar-refractivity contribution in [1.29, 1.82) is 0 Å². The van der Waals surface area contributed by atoms with E-state index in [9.17, 15) is 9.50 Å². The summed E-state index contributed by atoms with van der Waals surface area (Å²) in [7, 11) is 0. The van der Waals surface area contributed by atoms with Crippen LogP contribution < -0.4 is 0 Å². The van der Waals surface area contributed by atoms with Gasteiger partial charge in [0.15, 0.2) is 0 Å². The van der Waals surface area contributed by atoms with Crippen LogP contribution in [0.15, 0.2) is 24.3 Å². The number of hydrogen-bond donors (Lipinski definition) is 1. The first kappa shape index (κ1) is 6.80. The van der Waals surface area contributed by atoms with Crippen molar-refractivity contribution >= 4 is 0 Å². The van der Waals surface area contributed by atoms with E-state index in [1.165, 1.54) is 0 Å². The zero-order chi connectivity index (χ0) is 7.84. The van der Waals surface area contributed by atoms with Crippen molar-refractivity contribution in [3.05, 3.63) is 35.4 Å². The van der Waals surface area contributed by atoms with E-state index in [0.29, 0.717) is 6.42 Å². The Morgan fingerprint density at radius 2 is 2.09 bits per heavy atom. The first-order chi connectivity index (χ1) is 5.29. The summed E-state index contributed by atoms with van der Waals surface area (Å²) in [5.74, 6) is 0. The van der Waals surface area contributed by atoms with Gasteiger partial charge >= 0.3 is 0 Å². The molecule has 1 aromatic rings. The normalized spacial score (nSPS) is 28.5. The van der Waals surface area contributed by atoms with E-state index in [-0.39, 0.29) is 0 Å². The van der Waals surface area contributed by atoms with Gasteiger partial charge in [-0.25, -0.2) is 4.39 Å². The summed E-state index contributed by atoms with van der Waals surface area (Å²) in [4.78, 5) is 0. The number of benzene rings is 1. The second kappa shape index (κ2) is 2.31. The molecule has 0 bridgehead atoms. The minimum Gasteiger partial charge on any atom is -0.385 e. The molecule has 2 rings (SSSR count). The molecule has 11 heavy (non-hydrogen) atoms. The maximum absolute atomic E-state index is 12.9. The summed E-state index contributed by atoms with van der Waals surface area (Å²) in [5, 5.41) is 9.27. The van der Waals surface area contributed by atoms with Crippen LogP contribution in [0.1, 0.15) is 17.2 Å². The first-order valence-electron chi connectivity index (χ1n) is 3.69. The van der Waals surface area contributed by atoms with Gasteiger partial charge in [-0.05, 0) is 11.1 Å². The molecule has 2 unspecified atom stereocenters. The summed E-state index contributed by atoms with van der Waals surface area (Å²) in [6, 6.07) is 7.32. The second-order valence-electron chi connectivity index (χ2n) is 2.86. The smallest absolute Gasteiger partial charge is 0.134 e. The lowest BCUT2D eigenvalue weighted by Crippen LogP contribution is -2.05. The molecule has 0 saturated heterocycles. The minimum absolute atomic E-state index is 0.358. The third-order valence-corrected chi connectivity index (χ3v) is 2.13. The standard InChI is InChI=1S/C9H9FO/c10-8-5-6-3-1-2-4-7(6)9(8)11/h1-4,8-9,11H,5H2. The highest BCUT2D eigenvalue weighted by Gasteiger charge is 2.29. The lowest BCUT2D eigenvalue weighted by Gasteiger charge is -2.04. The van der Waals surface area contributed by atoms with Gasteiger partial charge in [0.25, 0.3) is 0 Å². The van der Waals surface area contributed by atoms with Gasteiger partial charge in [-0.15, -0.1) is 0 Å². The third-order valence-electron chi connectivity index (χ3n) is 2.13. The number of fused-ring (bicyclic) bond motifs is 1. The SMILES string of the molecule is OC1c2ccccc2CC1F. The molecule has 1 N–H and O–H groups in total. The molecule has 1 aromatic carbocycles. The molecule has 1 nitrogen and oxygen atoms in total. The van der Waals surface area contributed by atoms with Crippen molar-refractivity contribution in [2.75, 3.05) is 0 Å². The highest BCUT2D eigenvalue weighted by atomic mass is 19.1. The molecular formula is C9H9FO. The van der Waals surface area contributed by atoms with Crippen LogP contribution in [-0.4, -0.2) is 11.3 Å². The van der Waals surface area contributed by atoms with Crippen molar-refractivity contribution in [2.24, 2.45) is 0 Å². The lowest BCUT2D eigenvalue weighted by atomic mass is 10.1. The predicted octanol–water partition coefficient (Wildman–Crippen LogP) is 1.61. The van der Waals surface area contributed by atoms with Crippen molar-refractivity contribution in [1.82, 2.24) is 0 Å². The van der Waals surface area contributed by atoms with Gasteiger partial charge in [0.05, 0.1) is 0 Å². The van der Waals surface area contributed by atoms with Crippen LogP contribution in [-0.2, 0) is 6.42 Å². The molecule has 0 spiro atoms. The number of halogens is 1. The van der Waals surface area contributed by atoms with Gasteiger partial charge in [0, 0.05) is 6.42 Å². The Bertz CT molecular complexity index is 272. The fourth-order valence-corrected chi connectivity index (χ4v) is 1.53. The summed E-state index contributed by atoms with van der Waals surface area (Å²) in [6.45, 7) is 0. The van der Waals surface area contributed by atoms with Gasteiger partial charge in [-0.3, -0.25) is 0 Å². The van der Waals surface area contributed by atoms with Crippen molar-refractivity contribution in [2.45, 2.75) is 18.7 Å². The molecule has 58 valence electrons. The van der Waals surface area contributed by atoms with Crippen LogP contribution in [0.3, 0.4) is 0 Å². The zero-order valence-electron chi connectivity index (χ0n) is 6.00. The Labute approximate surface area is 64.5 Å². The highest BCUT2D eigenvalue weighted by molar-refractivity contribution is 5.34. The minimum atomic E-state index is -1.10. The number of aliphatic hydroxyl groups excluding tert-OH is 1. The molecule has 0 amide bonds. The first-order valence-corrected chi connectivity index (χ1v) is 3.69. The van der Waals surface area contributed by atoms with E-state index in [4.69, 9.17) is 0 Å². The van der Waals surface area contributed by atoms with Crippen LogP contribution >= 0.6 is 0 Å². The van der Waals surface area contributed by atoms with Crippen molar-refractivity contribution < 1.29 is 9.50 Å². The zero-order valence-corrected chi connectivity index (χ0v) is 6.00. The number of hydrogen-bond acceptors (Lipinski definition) is 1. The second-order valence-corrected chi connectivity index (χ2v) is 2.86. The summed E-state index contributed by atoms with van der Waals surface area (Å²) >= 11 is 0. The maximum Gasteiger partial charge on any atom is 0.134 e. The lowest BCUT2D eigenvalue weighted by molar-refractivity contribution is 0.0926. The molecule has 0 heterocycles. The Kier molecular flexibility index (Phi) is 1.43. The van der Waals surface area contributed by atoms with E-state index < -0.39 is 12.3 Å². The van der Waals surface area contributed by atoms with E-state index in [1.54, 1.807) is 6.07 Å². The summed E-state index contributed by atoms with van der Waals surface area (Å²) in [6.07, 6.45) is -1.64. The van der Waals surface area contributed by atoms with Crippen LogP contribution in [0.5, 0.6) is 0 Å². The molecule has 0 saturated carbocycles. The van der Waals surface area contributed by atoms with Crippen LogP contribution in [0, 0.1) is 0 Å². The van der Waals surface area contributed by atoms with E-state index in [2.05, 4.69) is 0 Å². The van der Waals surface area contributed by atoms with Crippen LogP contribution in [0.4, 0.5) is 4.39 Å². The Morgan fingerprint density at radius 1 is 1.36 bits per heavy atom. The van der Waals surface area contributed by atoms with Gasteiger partial charge in [0.2, 0.25) is 0 Å². The molecule has 2 heteroatoms. The van der Waals surface area contributed by atoms with E-state index in [1.807, 2.05) is 18.2 Å².